The molecule has 0 saturated heterocycles. The summed E-state index contributed by atoms with van der Waals surface area (Å²) in [6.45, 7) is 0.690. The van der Waals surface area contributed by atoms with Crippen molar-refractivity contribution in [1.82, 2.24) is 9.97 Å². The van der Waals surface area contributed by atoms with Crippen LogP contribution in [0, 0.1) is 5.82 Å². The average molecular weight is 297 g/mol. The number of methoxy groups -OCH3 is 1. The summed E-state index contributed by atoms with van der Waals surface area (Å²) in [6.07, 6.45) is 2.29. The molecule has 0 bridgehead atoms. The summed E-state index contributed by atoms with van der Waals surface area (Å²) >= 11 is 0. The summed E-state index contributed by atoms with van der Waals surface area (Å²) in [6, 6.07) is 12.7. The predicted molar refractivity (Wildman–Crippen MR) is 84.7 cm³/mol. The quantitative estimate of drug-likeness (QED) is 0.783. The van der Waals surface area contributed by atoms with E-state index in [0.29, 0.717) is 6.54 Å². The van der Waals surface area contributed by atoms with Gasteiger partial charge in [0.25, 0.3) is 0 Å². The number of benzene rings is 2. The van der Waals surface area contributed by atoms with E-state index < -0.39 is 0 Å². The summed E-state index contributed by atoms with van der Waals surface area (Å²) in [5.74, 6) is 0.727. The van der Waals surface area contributed by atoms with E-state index in [4.69, 9.17) is 4.74 Å². The van der Waals surface area contributed by atoms with Gasteiger partial charge >= 0.3 is 0 Å². The highest BCUT2D eigenvalue weighted by Crippen LogP contribution is 2.20. The van der Waals surface area contributed by atoms with Crippen LogP contribution in [0.5, 0.6) is 5.75 Å². The molecule has 0 aliphatic heterocycles. The molecule has 0 fully saturated rings. The third-order valence-electron chi connectivity index (χ3n) is 3.46. The van der Waals surface area contributed by atoms with Crippen molar-refractivity contribution in [2.45, 2.75) is 6.42 Å². The van der Waals surface area contributed by atoms with Crippen molar-refractivity contribution in [2.75, 3.05) is 19.0 Å². The Morgan fingerprint density at radius 3 is 2.86 bits per heavy atom. The Balaban J connectivity index is 1.70. The van der Waals surface area contributed by atoms with Gasteiger partial charge in [0.15, 0.2) is 11.6 Å². The Morgan fingerprint density at radius 1 is 1.14 bits per heavy atom. The minimum Gasteiger partial charge on any atom is -0.494 e. The molecule has 2 aromatic carbocycles. The second kappa shape index (κ2) is 6.39. The first-order valence-electron chi connectivity index (χ1n) is 7.04. The van der Waals surface area contributed by atoms with Crippen LogP contribution in [-0.2, 0) is 6.42 Å². The SMILES string of the molecule is COc1cc(CCNc2ncnc3ccccc23)ccc1F. The van der Waals surface area contributed by atoms with Crippen LogP contribution in [0.1, 0.15) is 5.56 Å². The van der Waals surface area contributed by atoms with E-state index in [9.17, 15) is 4.39 Å². The molecule has 0 amide bonds. The van der Waals surface area contributed by atoms with E-state index in [0.717, 1.165) is 28.7 Å². The van der Waals surface area contributed by atoms with Crippen molar-refractivity contribution < 1.29 is 9.13 Å². The molecule has 22 heavy (non-hydrogen) atoms. The standard InChI is InChI=1S/C17H16FN3O/c1-22-16-10-12(6-7-14(16)18)8-9-19-17-13-4-2-3-5-15(13)20-11-21-17/h2-7,10-11H,8-9H2,1H3,(H,19,20,21). The van der Waals surface area contributed by atoms with E-state index in [1.54, 1.807) is 18.5 Å². The molecule has 1 N–H and O–H groups in total. The number of rotatable bonds is 5. The molecule has 3 rings (SSSR count). The molecule has 0 unspecified atom stereocenters. The number of nitrogens with zero attached hydrogens (tertiary/aromatic N) is 2. The predicted octanol–water partition coefficient (Wildman–Crippen LogP) is 3.43. The third-order valence-corrected chi connectivity index (χ3v) is 3.46. The molecule has 0 spiro atoms. The van der Waals surface area contributed by atoms with Crippen LogP contribution in [0.15, 0.2) is 48.8 Å². The highest BCUT2D eigenvalue weighted by Gasteiger charge is 2.05. The summed E-state index contributed by atoms with van der Waals surface area (Å²) in [7, 11) is 1.47. The van der Waals surface area contributed by atoms with Gasteiger partial charge in [0.05, 0.1) is 12.6 Å². The molecule has 0 atom stereocenters. The maximum atomic E-state index is 13.4. The van der Waals surface area contributed by atoms with Crippen molar-refractivity contribution >= 4 is 16.7 Å². The Hall–Kier alpha value is -2.69. The van der Waals surface area contributed by atoms with Crippen molar-refractivity contribution in [1.29, 1.82) is 0 Å². The minimum absolute atomic E-state index is 0.269. The highest BCUT2D eigenvalue weighted by molar-refractivity contribution is 5.88. The highest BCUT2D eigenvalue weighted by atomic mass is 19.1. The molecule has 3 aromatic rings. The summed E-state index contributed by atoms with van der Waals surface area (Å²) < 4.78 is 18.4. The van der Waals surface area contributed by atoms with Gasteiger partial charge in [-0.1, -0.05) is 18.2 Å². The molecular formula is C17H16FN3O. The van der Waals surface area contributed by atoms with Gasteiger partial charge in [-0.15, -0.1) is 0 Å². The largest absolute Gasteiger partial charge is 0.494 e. The molecule has 1 heterocycles. The number of hydrogen-bond acceptors (Lipinski definition) is 4. The summed E-state index contributed by atoms with van der Waals surface area (Å²) in [4.78, 5) is 8.51. The zero-order valence-electron chi connectivity index (χ0n) is 12.2. The number of anilines is 1. The van der Waals surface area contributed by atoms with Crippen molar-refractivity contribution in [3.05, 3.63) is 60.2 Å². The van der Waals surface area contributed by atoms with Crippen LogP contribution in [-0.4, -0.2) is 23.6 Å². The Morgan fingerprint density at radius 2 is 2.00 bits per heavy atom. The van der Waals surface area contributed by atoms with E-state index in [-0.39, 0.29) is 11.6 Å². The smallest absolute Gasteiger partial charge is 0.165 e. The lowest BCUT2D eigenvalue weighted by Gasteiger charge is -2.09. The average Bonchev–Trinajstić information content (AvgIpc) is 2.56. The fourth-order valence-corrected chi connectivity index (χ4v) is 2.33. The van der Waals surface area contributed by atoms with Crippen molar-refractivity contribution in [3.63, 3.8) is 0 Å². The molecular weight excluding hydrogens is 281 g/mol. The summed E-state index contributed by atoms with van der Waals surface area (Å²) in [5.41, 5.74) is 1.91. The first kappa shape index (κ1) is 14.3. The minimum atomic E-state index is -0.346. The molecule has 0 radical (unpaired) electrons. The van der Waals surface area contributed by atoms with E-state index in [2.05, 4.69) is 15.3 Å². The van der Waals surface area contributed by atoms with Gasteiger partial charge in [-0.05, 0) is 36.2 Å². The second-order valence-electron chi connectivity index (χ2n) is 4.89. The van der Waals surface area contributed by atoms with Crippen LogP contribution in [0.2, 0.25) is 0 Å². The number of hydrogen-bond donors (Lipinski definition) is 1. The number of ether oxygens (including phenoxy) is 1. The number of nitrogens with one attached hydrogen (secondary N) is 1. The third kappa shape index (κ3) is 2.98. The zero-order valence-corrected chi connectivity index (χ0v) is 12.2. The maximum absolute atomic E-state index is 13.4. The van der Waals surface area contributed by atoms with E-state index in [1.165, 1.54) is 13.2 Å². The van der Waals surface area contributed by atoms with Crippen LogP contribution in [0.3, 0.4) is 0 Å². The number of fused-ring (bicyclic) bond motifs is 1. The van der Waals surface area contributed by atoms with Crippen molar-refractivity contribution in [3.8, 4) is 5.75 Å². The first-order chi connectivity index (χ1) is 10.8. The lowest BCUT2D eigenvalue weighted by atomic mass is 10.1. The van der Waals surface area contributed by atoms with Gasteiger partial charge in [-0.2, -0.15) is 0 Å². The molecule has 1 aromatic heterocycles. The second-order valence-corrected chi connectivity index (χ2v) is 4.89. The number of halogens is 1. The first-order valence-corrected chi connectivity index (χ1v) is 7.04. The fraction of sp³-hybridized carbons (Fsp3) is 0.176. The van der Waals surface area contributed by atoms with Crippen molar-refractivity contribution in [2.24, 2.45) is 0 Å². The molecule has 0 saturated carbocycles. The normalized spacial score (nSPS) is 10.6. The Labute approximate surface area is 128 Å². The van der Waals surface area contributed by atoms with Crippen LogP contribution in [0.25, 0.3) is 10.9 Å². The molecule has 4 nitrogen and oxygen atoms in total. The summed E-state index contributed by atoms with van der Waals surface area (Å²) in [5, 5.41) is 4.29. The van der Waals surface area contributed by atoms with Crippen LogP contribution >= 0.6 is 0 Å². The zero-order chi connectivity index (χ0) is 15.4. The maximum Gasteiger partial charge on any atom is 0.165 e. The van der Waals surface area contributed by atoms with E-state index >= 15 is 0 Å². The monoisotopic (exact) mass is 297 g/mol. The van der Waals surface area contributed by atoms with Gasteiger partial charge in [0.2, 0.25) is 0 Å². The van der Waals surface area contributed by atoms with Crippen LogP contribution < -0.4 is 10.1 Å². The topological polar surface area (TPSA) is 47.0 Å². The van der Waals surface area contributed by atoms with Gasteiger partial charge < -0.3 is 10.1 Å². The van der Waals surface area contributed by atoms with Crippen LogP contribution in [0.4, 0.5) is 10.2 Å². The van der Waals surface area contributed by atoms with Gasteiger partial charge in [-0.3, -0.25) is 0 Å². The lowest BCUT2D eigenvalue weighted by Crippen LogP contribution is -2.07. The molecule has 0 aliphatic rings. The Kier molecular flexibility index (Phi) is 4.14. The molecule has 5 heteroatoms. The number of para-hydroxylation sites is 1. The lowest BCUT2D eigenvalue weighted by molar-refractivity contribution is 0.386. The van der Waals surface area contributed by atoms with E-state index in [1.807, 2.05) is 24.3 Å². The van der Waals surface area contributed by atoms with Gasteiger partial charge in [0.1, 0.15) is 12.1 Å². The molecule has 112 valence electrons. The number of aromatic nitrogens is 2. The Bertz CT molecular complexity index is 786. The van der Waals surface area contributed by atoms with Gasteiger partial charge in [-0.25, -0.2) is 14.4 Å². The fourth-order valence-electron chi connectivity index (χ4n) is 2.33. The molecule has 0 aliphatic carbocycles. The van der Waals surface area contributed by atoms with Gasteiger partial charge in [0, 0.05) is 11.9 Å².